The van der Waals surface area contributed by atoms with Gasteiger partial charge in [-0.1, -0.05) is 18.2 Å². The number of amides is 3. The zero-order valence-corrected chi connectivity index (χ0v) is 24.1. The van der Waals surface area contributed by atoms with Gasteiger partial charge in [0.2, 0.25) is 5.91 Å². The normalized spacial score (nSPS) is 14.0. The number of thioether (sulfide) groups is 1. The number of ether oxygens (including phenoxy) is 2. The number of non-ortho nitro benzene ring substituents is 1. The van der Waals surface area contributed by atoms with Crippen LogP contribution in [0.25, 0.3) is 6.08 Å². The largest absolute Gasteiger partial charge is 0.493 e. The van der Waals surface area contributed by atoms with E-state index in [0.29, 0.717) is 32.8 Å². The van der Waals surface area contributed by atoms with Gasteiger partial charge in [-0.15, -0.1) is 0 Å². The molecule has 1 saturated heterocycles. The van der Waals surface area contributed by atoms with E-state index in [-0.39, 0.29) is 17.2 Å². The number of nitrogens with one attached hydrogen (secondary N) is 1. The van der Waals surface area contributed by atoms with Crippen LogP contribution in [0.3, 0.4) is 0 Å². The number of methoxy groups -OCH3 is 1. The summed E-state index contributed by atoms with van der Waals surface area (Å²) in [5.41, 5.74) is 3.78. The molecule has 3 amide bonds. The summed E-state index contributed by atoms with van der Waals surface area (Å²) in [6.45, 7) is 3.53. The minimum atomic E-state index is -0.577. The van der Waals surface area contributed by atoms with E-state index >= 15 is 0 Å². The number of aryl methyl sites for hydroxylation is 2. The second-order valence-corrected chi connectivity index (χ2v) is 10.7. The van der Waals surface area contributed by atoms with E-state index < -0.39 is 28.5 Å². The Hall–Kier alpha value is -4.16. The van der Waals surface area contributed by atoms with E-state index in [2.05, 4.69) is 21.2 Å². The Balaban J connectivity index is 1.46. The molecule has 0 atom stereocenters. The molecule has 10 nitrogen and oxygen atoms in total. The summed E-state index contributed by atoms with van der Waals surface area (Å²) < 4.78 is 11.8. The molecule has 1 aliphatic rings. The number of hydrogen-bond donors (Lipinski definition) is 1. The first-order chi connectivity index (χ1) is 19.0. The van der Waals surface area contributed by atoms with Gasteiger partial charge in [0.05, 0.1) is 21.4 Å². The van der Waals surface area contributed by atoms with Crippen LogP contribution in [-0.4, -0.2) is 40.5 Å². The average Bonchev–Trinajstić information content (AvgIpc) is 3.17. The standard InChI is InChI=1S/C28H24BrN3O7S/c1-16-7-8-20(9-17(16)2)30-25(33)14-31-27(34)24(40-28(31)35)13-19-11-22(29)26(23(12-19)38-3)39-15-18-5-4-6-21(10-18)32(36)37/h4-13H,14-15H2,1-3H3,(H,30,33)/b24-13+. The summed E-state index contributed by atoms with van der Waals surface area (Å²) in [4.78, 5) is 49.7. The minimum absolute atomic E-state index is 0.0425. The molecule has 0 aromatic heterocycles. The van der Waals surface area contributed by atoms with Crippen molar-refractivity contribution >= 4 is 62.2 Å². The third-order valence-corrected chi connectivity index (χ3v) is 7.52. The lowest BCUT2D eigenvalue weighted by atomic mass is 10.1. The fourth-order valence-electron chi connectivity index (χ4n) is 3.83. The Morgan fingerprint density at radius 1 is 1.12 bits per heavy atom. The SMILES string of the molecule is COc1cc(/C=C2/SC(=O)N(CC(=O)Nc3ccc(C)c(C)c3)C2=O)cc(Br)c1OCc1cccc([N+](=O)[O-])c1. The van der Waals surface area contributed by atoms with Gasteiger partial charge in [0.25, 0.3) is 16.8 Å². The van der Waals surface area contributed by atoms with Crippen LogP contribution < -0.4 is 14.8 Å². The zero-order valence-electron chi connectivity index (χ0n) is 21.7. The first-order valence-electron chi connectivity index (χ1n) is 11.9. The molecule has 206 valence electrons. The number of nitro groups is 1. The smallest absolute Gasteiger partial charge is 0.294 e. The average molecular weight is 626 g/mol. The highest BCUT2D eigenvalue weighted by atomic mass is 79.9. The highest BCUT2D eigenvalue weighted by Crippen LogP contribution is 2.39. The molecule has 3 aromatic carbocycles. The number of nitro benzene ring substituents is 1. The molecule has 12 heteroatoms. The summed E-state index contributed by atoms with van der Waals surface area (Å²) in [6, 6.07) is 14.9. The van der Waals surface area contributed by atoms with Crippen LogP contribution in [0.4, 0.5) is 16.2 Å². The molecular formula is C28H24BrN3O7S. The molecule has 0 aliphatic carbocycles. The summed E-state index contributed by atoms with van der Waals surface area (Å²) in [7, 11) is 1.45. The van der Waals surface area contributed by atoms with Gasteiger partial charge in [-0.25, -0.2) is 0 Å². The number of carbonyl (C=O) groups excluding carboxylic acids is 3. The van der Waals surface area contributed by atoms with Crippen LogP contribution in [0.5, 0.6) is 11.5 Å². The lowest BCUT2D eigenvalue weighted by Gasteiger charge is -2.14. The van der Waals surface area contributed by atoms with Crippen molar-refractivity contribution in [3.8, 4) is 11.5 Å². The number of benzene rings is 3. The van der Waals surface area contributed by atoms with E-state index in [1.165, 1.54) is 25.3 Å². The van der Waals surface area contributed by atoms with Gasteiger partial charge >= 0.3 is 0 Å². The number of nitrogens with zero attached hydrogens (tertiary/aromatic N) is 2. The fourth-order valence-corrected chi connectivity index (χ4v) is 5.24. The summed E-state index contributed by atoms with van der Waals surface area (Å²) in [5, 5.41) is 13.2. The molecule has 1 heterocycles. The van der Waals surface area contributed by atoms with Gasteiger partial charge in [0.1, 0.15) is 13.2 Å². The molecule has 1 aliphatic heterocycles. The van der Waals surface area contributed by atoms with E-state index in [0.717, 1.165) is 27.8 Å². The van der Waals surface area contributed by atoms with E-state index in [4.69, 9.17) is 9.47 Å². The van der Waals surface area contributed by atoms with Gasteiger partial charge < -0.3 is 14.8 Å². The van der Waals surface area contributed by atoms with Crippen molar-refractivity contribution in [3.05, 3.63) is 96.3 Å². The van der Waals surface area contributed by atoms with Crippen LogP contribution in [0.1, 0.15) is 22.3 Å². The van der Waals surface area contributed by atoms with Crippen molar-refractivity contribution in [3.63, 3.8) is 0 Å². The van der Waals surface area contributed by atoms with Crippen molar-refractivity contribution in [2.24, 2.45) is 0 Å². The molecule has 0 unspecified atom stereocenters. The minimum Gasteiger partial charge on any atom is -0.493 e. The third kappa shape index (κ3) is 6.69. The van der Waals surface area contributed by atoms with E-state index in [1.54, 1.807) is 30.3 Å². The van der Waals surface area contributed by atoms with Crippen LogP contribution in [0, 0.1) is 24.0 Å². The third-order valence-electron chi connectivity index (χ3n) is 6.02. The number of rotatable bonds is 9. The summed E-state index contributed by atoms with van der Waals surface area (Å²) >= 11 is 4.19. The number of hydrogen-bond acceptors (Lipinski definition) is 8. The maximum absolute atomic E-state index is 13.0. The Morgan fingerprint density at radius 3 is 2.60 bits per heavy atom. The number of halogens is 1. The molecule has 0 bridgehead atoms. The lowest BCUT2D eigenvalue weighted by Crippen LogP contribution is -2.36. The Bertz CT molecular complexity index is 1560. The summed E-state index contributed by atoms with van der Waals surface area (Å²) in [6.07, 6.45) is 1.53. The Labute approximate surface area is 242 Å². The molecule has 4 rings (SSSR count). The molecule has 0 saturated carbocycles. The number of imide groups is 1. The summed E-state index contributed by atoms with van der Waals surface area (Å²) in [5.74, 6) is -0.354. The van der Waals surface area contributed by atoms with Crippen molar-refractivity contribution in [1.29, 1.82) is 0 Å². The van der Waals surface area contributed by atoms with Crippen LogP contribution in [-0.2, 0) is 16.2 Å². The quantitative estimate of drug-likeness (QED) is 0.168. The van der Waals surface area contributed by atoms with Gasteiger partial charge in [-0.05, 0) is 94.1 Å². The first-order valence-corrected chi connectivity index (χ1v) is 13.5. The van der Waals surface area contributed by atoms with Crippen LogP contribution in [0.15, 0.2) is 64.0 Å². The zero-order chi connectivity index (χ0) is 29.0. The van der Waals surface area contributed by atoms with Gasteiger partial charge in [0.15, 0.2) is 11.5 Å². The number of anilines is 1. The maximum Gasteiger partial charge on any atom is 0.294 e. The number of carbonyl (C=O) groups is 3. The predicted molar refractivity (Wildman–Crippen MR) is 155 cm³/mol. The molecule has 1 fully saturated rings. The topological polar surface area (TPSA) is 128 Å². The van der Waals surface area contributed by atoms with Crippen LogP contribution >= 0.6 is 27.7 Å². The Morgan fingerprint density at radius 2 is 1.90 bits per heavy atom. The highest BCUT2D eigenvalue weighted by Gasteiger charge is 2.36. The molecule has 0 spiro atoms. The maximum atomic E-state index is 13.0. The Kier molecular flexibility index (Phi) is 8.90. The van der Waals surface area contributed by atoms with E-state index in [1.807, 2.05) is 26.0 Å². The highest BCUT2D eigenvalue weighted by molar-refractivity contribution is 9.10. The van der Waals surface area contributed by atoms with Crippen molar-refractivity contribution in [2.45, 2.75) is 20.5 Å². The van der Waals surface area contributed by atoms with Crippen molar-refractivity contribution < 1.29 is 28.8 Å². The van der Waals surface area contributed by atoms with Crippen LogP contribution in [0.2, 0.25) is 0 Å². The van der Waals surface area contributed by atoms with Gasteiger partial charge in [0, 0.05) is 17.8 Å². The van der Waals surface area contributed by atoms with Gasteiger partial charge in [-0.3, -0.25) is 29.4 Å². The molecule has 0 radical (unpaired) electrons. The first kappa shape index (κ1) is 28.8. The molecule has 3 aromatic rings. The lowest BCUT2D eigenvalue weighted by molar-refractivity contribution is -0.384. The molecule has 1 N–H and O–H groups in total. The monoisotopic (exact) mass is 625 g/mol. The molecular weight excluding hydrogens is 602 g/mol. The van der Waals surface area contributed by atoms with E-state index in [9.17, 15) is 24.5 Å². The van der Waals surface area contributed by atoms with Crippen molar-refractivity contribution in [2.75, 3.05) is 19.0 Å². The second kappa shape index (κ2) is 12.3. The van der Waals surface area contributed by atoms with Gasteiger partial charge in [-0.2, -0.15) is 0 Å². The second-order valence-electron chi connectivity index (χ2n) is 8.86. The molecule has 40 heavy (non-hydrogen) atoms. The van der Waals surface area contributed by atoms with Crippen molar-refractivity contribution in [1.82, 2.24) is 4.90 Å². The fraction of sp³-hybridized carbons (Fsp3) is 0.179. The predicted octanol–water partition coefficient (Wildman–Crippen LogP) is 6.24.